The van der Waals surface area contributed by atoms with E-state index in [2.05, 4.69) is 10.6 Å². The molecule has 6 rings (SSSR count). The summed E-state index contributed by atoms with van der Waals surface area (Å²) in [6.07, 6.45) is 2.25. The van der Waals surface area contributed by atoms with Crippen LogP contribution in [0.5, 0.6) is 5.75 Å². The maximum Gasteiger partial charge on any atom is 0.272 e. The Morgan fingerprint density at radius 3 is 2.06 bits per heavy atom. The highest BCUT2D eigenvalue weighted by atomic mass is 32.2. The smallest absolute Gasteiger partial charge is 0.272 e. The summed E-state index contributed by atoms with van der Waals surface area (Å²) >= 11 is 1.49. The van der Waals surface area contributed by atoms with E-state index in [-0.39, 0.29) is 16.9 Å². The van der Waals surface area contributed by atoms with Crippen LogP contribution in [-0.2, 0) is 4.79 Å². The number of rotatable bonds is 10. The summed E-state index contributed by atoms with van der Waals surface area (Å²) < 4.78 is 7.16. The Kier molecular flexibility index (Phi) is 9.50. The third-order valence-electron chi connectivity index (χ3n) is 7.77. The second kappa shape index (κ2) is 14.2. The van der Waals surface area contributed by atoms with E-state index < -0.39 is 11.8 Å². The first kappa shape index (κ1) is 31.4. The average molecular weight is 640 g/mol. The average Bonchev–Trinajstić information content (AvgIpc) is 3.45. The minimum Gasteiger partial charge on any atom is -0.497 e. The van der Waals surface area contributed by atoms with E-state index in [0.717, 1.165) is 26.7 Å². The molecule has 1 heterocycles. The predicted molar refractivity (Wildman–Crippen MR) is 190 cm³/mol. The Labute approximate surface area is 277 Å². The van der Waals surface area contributed by atoms with Gasteiger partial charge in [0.15, 0.2) is 0 Å². The summed E-state index contributed by atoms with van der Waals surface area (Å²) in [5, 5.41) is 7.44. The normalized spacial score (nSPS) is 12.1. The summed E-state index contributed by atoms with van der Waals surface area (Å²) in [7, 11) is 1.57. The highest BCUT2D eigenvalue weighted by Crippen LogP contribution is 2.33. The van der Waals surface area contributed by atoms with Crippen molar-refractivity contribution >= 4 is 63.1 Å². The van der Waals surface area contributed by atoms with Gasteiger partial charge >= 0.3 is 0 Å². The largest absolute Gasteiger partial charge is 0.497 e. The quantitative estimate of drug-likeness (QED) is 0.116. The van der Waals surface area contributed by atoms with Crippen molar-refractivity contribution in [2.24, 2.45) is 0 Å². The molecule has 0 aliphatic rings. The number of thioether (sulfide) groups is 1. The van der Waals surface area contributed by atoms with Crippen LogP contribution < -0.4 is 15.4 Å². The van der Waals surface area contributed by atoms with E-state index in [4.69, 9.17) is 4.74 Å². The molecule has 0 bridgehead atoms. The number of hydrogen-bond acceptors (Lipinski definition) is 5. The highest BCUT2D eigenvalue weighted by Gasteiger charge is 2.24. The van der Waals surface area contributed by atoms with Gasteiger partial charge in [-0.2, -0.15) is 0 Å². The number of carbonyl (C=O) groups is 3. The van der Waals surface area contributed by atoms with Crippen molar-refractivity contribution in [2.75, 3.05) is 12.4 Å². The Morgan fingerprint density at radius 2 is 1.43 bits per heavy atom. The monoisotopic (exact) mass is 639 g/mol. The molecule has 7 nitrogen and oxygen atoms in total. The molecule has 0 saturated carbocycles. The number of aromatic nitrogens is 1. The first-order valence-electron chi connectivity index (χ1n) is 15.3. The fraction of sp³-hybridized carbons (Fsp3) is 0.103. The second-order valence-corrected chi connectivity index (χ2v) is 12.1. The molecule has 1 aromatic heterocycles. The van der Waals surface area contributed by atoms with E-state index in [1.807, 2.05) is 90.4 Å². The maximum absolute atomic E-state index is 14.0. The summed E-state index contributed by atoms with van der Waals surface area (Å²) in [5.41, 5.74) is 3.54. The molecule has 234 valence electrons. The first-order valence-corrected chi connectivity index (χ1v) is 16.2. The van der Waals surface area contributed by atoms with Crippen molar-refractivity contribution in [3.63, 3.8) is 0 Å². The number of fused-ring (bicyclic) bond motifs is 3. The van der Waals surface area contributed by atoms with Crippen molar-refractivity contribution in [2.45, 2.75) is 23.5 Å². The van der Waals surface area contributed by atoms with E-state index in [1.54, 1.807) is 61.7 Å². The van der Waals surface area contributed by atoms with Gasteiger partial charge in [-0.25, -0.2) is 0 Å². The molecule has 0 aliphatic carbocycles. The Bertz CT molecular complexity index is 2050. The zero-order valence-corrected chi connectivity index (χ0v) is 26.8. The lowest BCUT2D eigenvalue weighted by atomic mass is 10.1. The molecule has 0 fully saturated rings. The zero-order valence-electron chi connectivity index (χ0n) is 26.0. The first-order chi connectivity index (χ1) is 22.9. The molecule has 8 heteroatoms. The summed E-state index contributed by atoms with van der Waals surface area (Å²) in [6, 6.07) is 39.2. The van der Waals surface area contributed by atoms with Crippen LogP contribution in [0.15, 0.2) is 138 Å². The van der Waals surface area contributed by atoms with Gasteiger partial charge in [0.1, 0.15) is 11.4 Å². The number of nitrogens with one attached hydrogen (secondary N) is 2. The molecule has 2 amide bonds. The number of para-hydroxylation sites is 2. The molecule has 1 unspecified atom stereocenters. The molecule has 0 radical (unpaired) electrons. The SMILES string of the molecule is CCC(Sc1ccc(NC(=O)/C(=C/c2cccc(OC)c2)NC(=O)c2ccccc2)cc1)C(=O)n1c2ccccc2c2ccccc21. The summed E-state index contributed by atoms with van der Waals surface area (Å²) in [6.45, 7) is 2.01. The Morgan fingerprint density at radius 1 is 0.787 bits per heavy atom. The van der Waals surface area contributed by atoms with Crippen molar-refractivity contribution in [3.05, 3.63) is 144 Å². The van der Waals surface area contributed by atoms with Gasteiger partial charge < -0.3 is 15.4 Å². The molecule has 0 aliphatic heterocycles. The summed E-state index contributed by atoms with van der Waals surface area (Å²) in [4.78, 5) is 41.4. The molecule has 1 atom stereocenters. The number of carbonyl (C=O) groups excluding carboxylic acids is 3. The molecular formula is C39H33N3O4S. The lowest BCUT2D eigenvalue weighted by Crippen LogP contribution is -2.30. The lowest BCUT2D eigenvalue weighted by Gasteiger charge is -2.16. The van der Waals surface area contributed by atoms with Gasteiger partial charge in [-0.15, -0.1) is 11.8 Å². The molecule has 0 spiro atoms. The van der Waals surface area contributed by atoms with Crippen LogP contribution >= 0.6 is 11.8 Å². The standard InChI is InChI=1S/C39H33N3O4S/c1-3-36(39(45)42-34-18-9-7-16-31(34)32-17-8-10-19-35(32)42)47-30-22-20-28(21-23-30)40-38(44)33(25-26-12-11-15-29(24-26)46-2)41-37(43)27-13-5-4-6-14-27/h4-25,36H,3H2,1-2H3,(H,40,44)(H,41,43)/b33-25-. The van der Waals surface area contributed by atoms with Gasteiger partial charge in [-0.05, 0) is 78.7 Å². The van der Waals surface area contributed by atoms with Gasteiger partial charge in [0.05, 0.1) is 23.4 Å². The van der Waals surface area contributed by atoms with E-state index in [0.29, 0.717) is 29.0 Å². The fourth-order valence-corrected chi connectivity index (χ4v) is 6.43. The number of benzene rings is 5. The minimum absolute atomic E-state index is 0.0220. The predicted octanol–water partition coefficient (Wildman–Crippen LogP) is 8.42. The van der Waals surface area contributed by atoms with Crippen LogP contribution in [0.3, 0.4) is 0 Å². The van der Waals surface area contributed by atoms with Gasteiger partial charge in [0.2, 0.25) is 5.91 Å². The van der Waals surface area contributed by atoms with Crippen LogP contribution in [0.2, 0.25) is 0 Å². The van der Waals surface area contributed by atoms with Crippen LogP contribution in [0, 0.1) is 0 Å². The zero-order chi connectivity index (χ0) is 32.8. The van der Waals surface area contributed by atoms with Crippen molar-refractivity contribution in [1.29, 1.82) is 0 Å². The van der Waals surface area contributed by atoms with Crippen molar-refractivity contribution in [3.8, 4) is 5.75 Å². The molecule has 2 N–H and O–H groups in total. The lowest BCUT2D eigenvalue weighted by molar-refractivity contribution is -0.113. The highest BCUT2D eigenvalue weighted by molar-refractivity contribution is 8.00. The molecule has 6 aromatic rings. The van der Waals surface area contributed by atoms with E-state index >= 15 is 0 Å². The number of ether oxygens (including phenoxy) is 1. The molecule has 0 saturated heterocycles. The maximum atomic E-state index is 14.0. The van der Waals surface area contributed by atoms with E-state index in [1.165, 1.54) is 11.8 Å². The van der Waals surface area contributed by atoms with Crippen molar-refractivity contribution < 1.29 is 19.1 Å². The molecule has 47 heavy (non-hydrogen) atoms. The van der Waals surface area contributed by atoms with Gasteiger partial charge in [-0.1, -0.05) is 73.7 Å². The number of methoxy groups -OCH3 is 1. The van der Waals surface area contributed by atoms with Crippen LogP contribution in [0.25, 0.3) is 27.9 Å². The fourth-order valence-electron chi connectivity index (χ4n) is 5.43. The summed E-state index contributed by atoms with van der Waals surface area (Å²) in [5.74, 6) is -0.234. The third kappa shape index (κ3) is 6.98. The Balaban J connectivity index is 1.20. The third-order valence-corrected chi connectivity index (χ3v) is 9.13. The second-order valence-electron chi connectivity index (χ2n) is 10.9. The number of nitrogens with zero attached hydrogens (tertiary/aromatic N) is 1. The van der Waals surface area contributed by atoms with E-state index in [9.17, 15) is 14.4 Å². The van der Waals surface area contributed by atoms with Crippen LogP contribution in [0.1, 0.15) is 34.1 Å². The number of hydrogen-bond donors (Lipinski definition) is 2. The van der Waals surface area contributed by atoms with Gasteiger partial charge in [0.25, 0.3) is 11.8 Å². The number of amides is 2. The van der Waals surface area contributed by atoms with Crippen LogP contribution in [-0.4, -0.2) is 34.6 Å². The topological polar surface area (TPSA) is 89.4 Å². The molecular weight excluding hydrogens is 607 g/mol. The number of anilines is 1. The van der Waals surface area contributed by atoms with Gasteiger partial charge in [0, 0.05) is 26.9 Å². The van der Waals surface area contributed by atoms with Crippen LogP contribution in [0.4, 0.5) is 5.69 Å². The Hall–Kier alpha value is -5.60. The van der Waals surface area contributed by atoms with Gasteiger partial charge in [-0.3, -0.25) is 19.0 Å². The minimum atomic E-state index is -0.481. The van der Waals surface area contributed by atoms with Crippen molar-refractivity contribution in [1.82, 2.24) is 9.88 Å². The molecule has 5 aromatic carbocycles.